The molecule has 36 heavy (non-hydrogen) atoms. The van der Waals surface area contributed by atoms with E-state index in [1.165, 1.54) is 11.1 Å². The van der Waals surface area contributed by atoms with E-state index >= 15 is 0 Å². The number of nitrogens with one attached hydrogen (secondary N) is 1. The number of carbonyl (C=O) groups excluding carboxylic acids is 1. The van der Waals surface area contributed by atoms with Gasteiger partial charge in [-0.25, -0.2) is 5.48 Å². The molecule has 1 saturated heterocycles. The first-order valence-corrected chi connectivity index (χ1v) is 13.3. The Labute approximate surface area is 220 Å². The topological polar surface area (TPSA) is 108 Å². The molecule has 0 bridgehead atoms. The van der Waals surface area contributed by atoms with Crippen LogP contribution in [0.4, 0.5) is 0 Å². The Bertz CT molecular complexity index is 1180. The Morgan fingerprint density at radius 2 is 2.03 bits per heavy atom. The lowest BCUT2D eigenvalue weighted by Gasteiger charge is -2.40. The van der Waals surface area contributed by atoms with Crippen molar-refractivity contribution in [2.24, 2.45) is 5.41 Å². The quantitative estimate of drug-likeness (QED) is 0.200. The highest BCUT2D eigenvalue weighted by atomic mass is 35.5. The summed E-state index contributed by atoms with van der Waals surface area (Å²) in [4.78, 5) is 24.7. The first-order chi connectivity index (χ1) is 17.5. The Kier molecular flexibility index (Phi) is 9.03. The monoisotopic (exact) mass is 530 g/mol. The van der Waals surface area contributed by atoms with Gasteiger partial charge in [-0.2, -0.15) is 0 Å². The number of hydrogen-bond acceptors (Lipinski definition) is 8. The van der Waals surface area contributed by atoms with E-state index in [4.69, 9.17) is 16.3 Å². The van der Waals surface area contributed by atoms with Crippen LogP contribution in [-0.2, 0) is 4.79 Å². The van der Waals surface area contributed by atoms with Crippen LogP contribution in [0.2, 0.25) is 5.02 Å². The number of methoxy groups -OCH3 is 1. The number of likely N-dealkylation sites (tertiary alicyclic amines) is 1. The van der Waals surface area contributed by atoms with Crippen molar-refractivity contribution in [1.82, 2.24) is 20.3 Å². The highest BCUT2D eigenvalue weighted by Crippen LogP contribution is 2.41. The van der Waals surface area contributed by atoms with Crippen molar-refractivity contribution < 1.29 is 19.8 Å². The minimum Gasteiger partial charge on any atom is -0.497 e. The third-order valence-corrected chi connectivity index (χ3v) is 8.31. The zero-order valence-electron chi connectivity index (χ0n) is 20.2. The fourth-order valence-corrected chi connectivity index (χ4v) is 6.01. The zero-order valence-corrected chi connectivity index (χ0v) is 21.8. The van der Waals surface area contributed by atoms with Crippen molar-refractivity contribution in [2.45, 2.75) is 36.7 Å². The summed E-state index contributed by atoms with van der Waals surface area (Å²) in [6, 6.07) is 9.44. The molecule has 3 N–H and O–H groups in total. The highest BCUT2D eigenvalue weighted by molar-refractivity contribution is 7.99. The number of fused-ring (bicyclic) bond motifs is 1. The van der Waals surface area contributed by atoms with Gasteiger partial charge in [0.1, 0.15) is 5.75 Å². The molecule has 1 aliphatic heterocycles. The smallest absolute Gasteiger partial charge is 0.249 e. The number of benzene rings is 1. The second kappa shape index (κ2) is 12.2. The molecule has 2 aromatic heterocycles. The van der Waals surface area contributed by atoms with Gasteiger partial charge < -0.3 is 14.7 Å². The maximum absolute atomic E-state index is 12.8. The van der Waals surface area contributed by atoms with Crippen LogP contribution in [0.3, 0.4) is 0 Å². The number of thioether (sulfide) groups is 1. The Hall–Kier alpha value is -2.43. The van der Waals surface area contributed by atoms with Gasteiger partial charge in [-0.1, -0.05) is 11.6 Å². The van der Waals surface area contributed by atoms with E-state index in [1.807, 2.05) is 35.8 Å². The number of hydrogen-bond donors (Lipinski definition) is 3. The number of carbonyl (C=O) groups is 1. The van der Waals surface area contributed by atoms with E-state index in [0.717, 1.165) is 30.8 Å². The number of amides is 1. The van der Waals surface area contributed by atoms with Gasteiger partial charge in [-0.15, -0.1) is 11.8 Å². The summed E-state index contributed by atoms with van der Waals surface area (Å²) in [5.41, 5.74) is 2.40. The average molecular weight is 531 g/mol. The number of aliphatic hydroxyl groups is 1. The van der Waals surface area contributed by atoms with E-state index < -0.39 is 17.4 Å². The van der Waals surface area contributed by atoms with Crippen LogP contribution in [-0.4, -0.2) is 63.6 Å². The first kappa shape index (κ1) is 26.6. The number of aromatic nitrogens is 2. The normalized spacial score (nSPS) is 16.6. The van der Waals surface area contributed by atoms with Gasteiger partial charge in [0.25, 0.3) is 0 Å². The number of aliphatic hydroxyl groups excluding tert-OH is 1. The van der Waals surface area contributed by atoms with E-state index in [9.17, 15) is 15.1 Å². The average Bonchev–Trinajstić information content (AvgIpc) is 2.92. The van der Waals surface area contributed by atoms with Gasteiger partial charge >= 0.3 is 0 Å². The van der Waals surface area contributed by atoms with Gasteiger partial charge in [0.2, 0.25) is 5.91 Å². The van der Waals surface area contributed by atoms with E-state index in [-0.39, 0.29) is 0 Å². The standard InChI is InChI=1S/C26H31ClN4O4S/c1-35-18-2-3-22-20(16-18)24(21(27)17-29-22)23(32)4-7-26(25(33)30-34)8-12-31(13-9-26)14-15-36-19-5-10-28-11-6-19/h2-3,5-6,10-11,16-17,23,32,34H,4,7-9,12-15H2,1H3,(H,30,33). The molecule has 0 aliphatic carbocycles. The van der Waals surface area contributed by atoms with Gasteiger partial charge in [-0.3, -0.25) is 20.0 Å². The Balaban J connectivity index is 1.40. The number of hydroxylamine groups is 1. The molecule has 1 unspecified atom stereocenters. The largest absolute Gasteiger partial charge is 0.497 e. The maximum atomic E-state index is 12.8. The van der Waals surface area contributed by atoms with Crippen molar-refractivity contribution in [2.75, 3.05) is 32.5 Å². The summed E-state index contributed by atoms with van der Waals surface area (Å²) >= 11 is 8.24. The van der Waals surface area contributed by atoms with Gasteiger partial charge in [0.15, 0.2) is 0 Å². The second-order valence-corrected chi connectivity index (χ2v) is 10.6. The summed E-state index contributed by atoms with van der Waals surface area (Å²) in [7, 11) is 1.58. The summed E-state index contributed by atoms with van der Waals surface area (Å²) in [6.45, 7) is 2.40. The molecule has 10 heteroatoms. The first-order valence-electron chi connectivity index (χ1n) is 12.0. The van der Waals surface area contributed by atoms with Crippen LogP contribution in [0.1, 0.15) is 37.4 Å². The lowest BCUT2D eigenvalue weighted by Crippen LogP contribution is -2.48. The Morgan fingerprint density at radius 1 is 1.28 bits per heavy atom. The molecule has 0 spiro atoms. The van der Waals surface area contributed by atoms with Crippen molar-refractivity contribution in [1.29, 1.82) is 0 Å². The van der Waals surface area contributed by atoms with Crippen LogP contribution >= 0.6 is 23.4 Å². The predicted octanol–water partition coefficient (Wildman–Crippen LogP) is 4.49. The molecule has 1 fully saturated rings. The van der Waals surface area contributed by atoms with Gasteiger partial charge in [0.05, 0.1) is 29.2 Å². The van der Waals surface area contributed by atoms with E-state index in [2.05, 4.69) is 14.9 Å². The van der Waals surface area contributed by atoms with Gasteiger partial charge in [0, 0.05) is 46.7 Å². The van der Waals surface area contributed by atoms with Crippen molar-refractivity contribution in [3.05, 3.63) is 59.5 Å². The highest BCUT2D eigenvalue weighted by Gasteiger charge is 2.41. The minimum atomic E-state index is -0.895. The van der Waals surface area contributed by atoms with E-state index in [1.54, 1.807) is 31.3 Å². The van der Waals surface area contributed by atoms with Crippen molar-refractivity contribution in [3.63, 3.8) is 0 Å². The number of ether oxygens (including phenoxy) is 1. The lowest BCUT2D eigenvalue weighted by molar-refractivity contribution is -0.143. The van der Waals surface area contributed by atoms with Crippen molar-refractivity contribution >= 4 is 40.2 Å². The van der Waals surface area contributed by atoms with E-state index in [0.29, 0.717) is 47.5 Å². The van der Waals surface area contributed by atoms with Crippen LogP contribution in [0.15, 0.2) is 53.8 Å². The molecule has 192 valence electrons. The zero-order chi connectivity index (χ0) is 25.5. The molecule has 0 radical (unpaired) electrons. The molecule has 1 atom stereocenters. The molecule has 3 heterocycles. The fourth-order valence-electron chi connectivity index (χ4n) is 4.83. The predicted molar refractivity (Wildman–Crippen MR) is 140 cm³/mol. The summed E-state index contributed by atoms with van der Waals surface area (Å²) in [5.74, 6) is 1.19. The molecular formula is C26H31ClN4O4S. The summed E-state index contributed by atoms with van der Waals surface area (Å²) in [6.07, 6.45) is 6.16. The lowest BCUT2D eigenvalue weighted by atomic mass is 9.73. The summed E-state index contributed by atoms with van der Waals surface area (Å²) in [5, 5.41) is 21.7. The molecular weight excluding hydrogens is 500 g/mol. The van der Waals surface area contributed by atoms with Crippen LogP contribution in [0, 0.1) is 5.41 Å². The van der Waals surface area contributed by atoms with Crippen molar-refractivity contribution in [3.8, 4) is 5.75 Å². The molecule has 1 aliphatic rings. The fraction of sp³-hybridized carbons (Fsp3) is 0.423. The molecule has 4 rings (SSSR count). The molecule has 0 saturated carbocycles. The molecule has 1 aromatic carbocycles. The third-order valence-electron chi connectivity index (χ3n) is 7.02. The molecule has 1 amide bonds. The number of pyridine rings is 2. The van der Waals surface area contributed by atoms with Crippen LogP contribution < -0.4 is 10.2 Å². The second-order valence-electron chi connectivity index (χ2n) is 9.05. The third kappa shape index (κ3) is 6.10. The van der Waals surface area contributed by atoms with Crippen LogP contribution in [0.25, 0.3) is 10.9 Å². The van der Waals surface area contributed by atoms with Gasteiger partial charge in [-0.05, 0) is 69.1 Å². The summed E-state index contributed by atoms with van der Waals surface area (Å²) < 4.78 is 5.34. The molecule has 3 aromatic rings. The minimum absolute atomic E-state index is 0.321. The number of piperidine rings is 1. The number of rotatable bonds is 10. The SMILES string of the molecule is COc1ccc2ncc(Cl)c(C(O)CCC3(C(=O)NO)CCN(CCSc4ccncc4)CC3)c2c1. The number of halogens is 1. The number of nitrogens with zero attached hydrogens (tertiary/aromatic N) is 3. The molecule has 8 nitrogen and oxygen atoms in total. The Morgan fingerprint density at radius 3 is 2.72 bits per heavy atom. The van der Waals surface area contributed by atoms with Crippen LogP contribution in [0.5, 0.6) is 5.75 Å². The maximum Gasteiger partial charge on any atom is 0.249 e.